The fourth-order valence-electron chi connectivity index (χ4n) is 1.75. The second-order valence-electron chi connectivity index (χ2n) is 3.95. The van der Waals surface area contributed by atoms with E-state index in [1.807, 2.05) is 37.7 Å². The third-order valence-corrected chi connectivity index (χ3v) is 4.78. The molecule has 2 aromatic rings. The monoisotopic (exact) mass is 294 g/mol. The number of thiazole rings is 1. The van der Waals surface area contributed by atoms with E-state index in [0.717, 1.165) is 15.8 Å². The summed E-state index contributed by atoms with van der Waals surface area (Å²) in [6, 6.07) is 8.61. The molecule has 0 bridgehead atoms. The summed E-state index contributed by atoms with van der Waals surface area (Å²) in [6.07, 6.45) is 1.85. The molecular formula is C14H18N2OS2. The smallest absolute Gasteiger partial charge is 0.149 e. The first kappa shape index (κ1) is 14.4. The minimum absolute atomic E-state index is 0.324. The first-order valence-electron chi connectivity index (χ1n) is 6.25. The van der Waals surface area contributed by atoms with Gasteiger partial charge in [-0.25, -0.2) is 4.98 Å². The third-order valence-electron chi connectivity index (χ3n) is 2.73. The fourth-order valence-corrected chi connectivity index (χ4v) is 3.55. The highest BCUT2D eigenvalue weighted by Gasteiger charge is 2.10. The Morgan fingerprint density at radius 1 is 1.37 bits per heavy atom. The van der Waals surface area contributed by atoms with Crippen LogP contribution >= 0.6 is 23.1 Å². The quantitative estimate of drug-likeness (QED) is 0.791. The summed E-state index contributed by atoms with van der Waals surface area (Å²) in [7, 11) is 1.99. The van der Waals surface area contributed by atoms with E-state index >= 15 is 0 Å². The van der Waals surface area contributed by atoms with Gasteiger partial charge in [0.05, 0.1) is 6.61 Å². The van der Waals surface area contributed by atoms with E-state index in [-0.39, 0.29) is 0 Å². The molecule has 3 nitrogen and oxygen atoms in total. The molecule has 1 aromatic carbocycles. The molecule has 0 spiro atoms. The summed E-state index contributed by atoms with van der Waals surface area (Å²) >= 11 is 3.47. The van der Waals surface area contributed by atoms with Crippen molar-refractivity contribution in [3.8, 4) is 5.75 Å². The predicted molar refractivity (Wildman–Crippen MR) is 82.2 cm³/mol. The Morgan fingerprint density at radius 2 is 2.16 bits per heavy atom. The molecule has 1 N–H and O–H groups in total. The summed E-state index contributed by atoms with van der Waals surface area (Å²) in [5.74, 6) is 1.89. The van der Waals surface area contributed by atoms with Gasteiger partial charge in [0.1, 0.15) is 10.1 Å². The zero-order valence-corrected chi connectivity index (χ0v) is 12.8. The van der Waals surface area contributed by atoms with E-state index in [2.05, 4.69) is 22.4 Å². The molecule has 1 atom stereocenters. The van der Waals surface area contributed by atoms with Crippen LogP contribution in [0.5, 0.6) is 5.75 Å². The van der Waals surface area contributed by atoms with Crippen LogP contribution in [0.3, 0.4) is 0 Å². The number of benzene rings is 1. The Morgan fingerprint density at radius 3 is 2.74 bits per heavy atom. The van der Waals surface area contributed by atoms with Crippen LogP contribution in [0.1, 0.15) is 18.5 Å². The molecule has 2 rings (SSSR count). The van der Waals surface area contributed by atoms with Crippen molar-refractivity contribution in [2.24, 2.45) is 0 Å². The van der Waals surface area contributed by atoms with Crippen molar-refractivity contribution < 1.29 is 4.74 Å². The molecule has 0 aliphatic rings. The lowest BCUT2D eigenvalue weighted by molar-refractivity contribution is 0.340. The second-order valence-corrected chi connectivity index (χ2v) is 6.11. The number of nitrogens with zero attached hydrogens (tertiary/aromatic N) is 1. The molecule has 0 saturated carbocycles. The maximum atomic E-state index is 5.46. The first-order chi connectivity index (χ1) is 9.33. The molecule has 102 valence electrons. The summed E-state index contributed by atoms with van der Waals surface area (Å²) < 4.78 is 6.58. The lowest BCUT2D eigenvalue weighted by Gasteiger charge is -2.16. The van der Waals surface area contributed by atoms with Gasteiger partial charge in [-0.05, 0) is 31.7 Å². The van der Waals surface area contributed by atoms with Crippen LogP contribution in [-0.4, -0.2) is 24.4 Å². The summed E-state index contributed by atoms with van der Waals surface area (Å²) in [4.78, 5) is 4.29. The number of thioether (sulfide) groups is 1. The number of nitrogens with one attached hydrogen (secondary N) is 1. The SMILES string of the molecule is CCOc1ccc(C(CSc2nccs2)NC)cc1. The van der Waals surface area contributed by atoms with Gasteiger partial charge in [-0.15, -0.1) is 11.3 Å². The van der Waals surface area contributed by atoms with E-state index in [9.17, 15) is 0 Å². The Kier molecular flexibility index (Phi) is 5.69. The largest absolute Gasteiger partial charge is 0.494 e. The van der Waals surface area contributed by atoms with Crippen molar-refractivity contribution in [2.75, 3.05) is 19.4 Å². The van der Waals surface area contributed by atoms with Crippen LogP contribution in [0, 0.1) is 0 Å². The highest BCUT2D eigenvalue weighted by atomic mass is 32.2. The fraction of sp³-hybridized carbons (Fsp3) is 0.357. The van der Waals surface area contributed by atoms with Crippen molar-refractivity contribution in [2.45, 2.75) is 17.3 Å². The Balaban J connectivity index is 1.96. The zero-order valence-electron chi connectivity index (χ0n) is 11.1. The molecule has 1 unspecified atom stereocenters. The topological polar surface area (TPSA) is 34.1 Å². The standard InChI is InChI=1S/C14H18N2OS2/c1-3-17-12-6-4-11(5-7-12)13(15-2)10-19-14-16-8-9-18-14/h4-9,13,15H,3,10H2,1-2H3. The average molecular weight is 294 g/mol. The summed E-state index contributed by atoms with van der Waals surface area (Å²) in [5.41, 5.74) is 1.27. The molecule has 19 heavy (non-hydrogen) atoms. The van der Waals surface area contributed by atoms with Crippen LogP contribution in [-0.2, 0) is 0 Å². The van der Waals surface area contributed by atoms with Gasteiger partial charge in [0.2, 0.25) is 0 Å². The lowest BCUT2D eigenvalue weighted by Crippen LogP contribution is -2.18. The van der Waals surface area contributed by atoms with Gasteiger partial charge in [0.25, 0.3) is 0 Å². The van der Waals surface area contributed by atoms with E-state index in [4.69, 9.17) is 4.74 Å². The second kappa shape index (κ2) is 7.53. The molecular weight excluding hydrogens is 276 g/mol. The van der Waals surface area contributed by atoms with Crippen LogP contribution in [0.25, 0.3) is 0 Å². The molecule has 0 aliphatic carbocycles. The average Bonchev–Trinajstić information content (AvgIpc) is 2.95. The lowest BCUT2D eigenvalue weighted by atomic mass is 10.1. The number of rotatable bonds is 7. The summed E-state index contributed by atoms with van der Waals surface area (Å²) in [6.45, 7) is 2.70. The number of hydrogen-bond donors (Lipinski definition) is 1. The Labute approximate surface area is 122 Å². The van der Waals surface area contributed by atoms with Gasteiger partial charge in [-0.1, -0.05) is 23.9 Å². The zero-order chi connectivity index (χ0) is 13.5. The molecule has 0 amide bonds. The number of hydrogen-bond acceptors (Lipinski definition) is 5. The minimum atomic E-state index is 0.324. The van der Waals surface area contributed by atoms with Crippen LogP contribution in [0.2, 0.25) is 0 Å². The van der Waals surface area contributed by atoms with Gasteiger partial charge < -0.3 is 10.1 Å². The molecule has 1 heterocycles. The molecule has 5 heteroatoms. The van der Waals surface area contributed by atoms with Crippen LogP contribution in [0.15, 0.2) is 40.2 Å². The molecule has 0 aliphatic heterocycles. The highest BCUT2D eigenvalue weighted by molar-refractivity contribution is 8.01. The van der Waals surface area contributed by atoms with Crippen LogP contribution < -0.4 is 10.1 Å². The van der Waals surface area contributed by atoms with Gasteiger partial charge in [-0.3, -0.25) is 0 Å². The van der Waals surface area contributed by atoms with Crippen molar-refractivity contribution in [1.82, 2.24) is 10.3 Å². The van der Waals surface area contributed by atoms with E-state index in [1.54, 1.807) is 23.1 Å². The molecule has 1 aromatic heterocycles. The maximum absolute atomic E-state index is 5.46. The van der Waals surface area contributed by atoms with Crippen molar-refractivity contribution in [3.63, 3.8) is 0 Å². The molecule has 0 radical (unpaired) electrons. The van der Waals surface area contributed by atoms with Crippen LogP contribution in [0.4, 0.5) is 0 Å². The predicted octanol–water partition coefficient (Wildman–Crippen LogP) is 3.59. The first-order valence-corrected chi connectivity index (χ1v) is 8.12. The number of aromatic nitrogens is 1. The van der Waals surface area contributed by atoms with E-state index in [0.29, 0.717) is 12.6 Å². The Hall–Kier alpha value is -1.04. The van der Waals surface area contributed by atoms with Gasteiger partial charge >= 0.3 is 0 Å². The maximum Gasteiger partial charge on any atom is 0.149 e. The van der Waals surface area contributed by atoms with Gasteiger partial charge in [0.15, 0.2) is 0 Å². The van der Waals surface area contributed by atoms with Gasteiger partial charge in [-0.2, -0.15) is 0 Å². The van der Waals surface area contributed by atoms with Crippen molar-refractivity contribution >= 4 is 23.1 Å². The number of ether oxygens (including phenoxy) is 1. The Bertz CT molecular complexity index is 471. The van der Waals surface area contributed by atoms with Crippen molar-refractivity contribution in [3.05, 3.63) is 41.4 Å². The van der Waals surface area contributed by atoms with E-state index in [1.165, 1.54) is 5.56 Å². The third kappa shape index (κ3) is 4.23. The normalized spacial score (nSPS) is 12.3. The van der Waals surface area contributed by atoms with E-state index < -0.39 is 0 Å². The molecule has 0 saturated heterocycles. The van der Waals surface area contributed by atoms with Gasteiger partial charge in [0, 0.05) is 23.4 Å². The molecule has 0 fully saturated rings. The highest BCUT2D eigenvalue weighted by Crippen LogP contribution is 2.26. The summed E-state index contributed by atoms with van der Waals surface area (Å²) in [5, 5.41) is 5.35. The minimum Gasteiger partial charge on any atom is -0.494 e. The van der Waals surface area contributed by atoms with Crippen molar-refractivity contribution in [1.29, 1.82) is 0 Å².